The summed E-state index contributed by atoms with van der Waals surface area (Å²) in [7, 11) is 0. The van der Waals surface area contributed by atoms with Gasteiger partial charge in [0.1, 0.15) is 0 Å². The zero-order valence-corrected chi connectivity index (χ0v) is 10.6. The Hall–Kier alpha value is 0.310. The van der Waals surface area contributed by atoms with Gasteiger partial charge in [-0.25, -0.2) is 0 Å². The van der Waals surface area contributed by atoms with Gasteiger partial charge in [-0.05, 0) is 62.2 Å². The Morgan fingerprint density at radius 1 is 1.13 bits per heavy atom. The molecule has 1 heterocycles. The number of thioether (sulfide) groups is 1. The molecule has 2 unspecified atom stereocenters. The Morgan fingerprint density at radius 3 is 2.27 bits per heavy atom. The lowest BCUT2D eigenvalue weighted by atomic mass is 9.97. The standard InChI is InChI=1S/C13H23NS/c1-9-13(6-7-15-9)14-8-12(10-2-3-10)11-4-5-11/h9-14H,2-8H2,1H3. The van der Waals surface area contributed by atoms with Gasteiger partial charge in [-0.2, -0.15) is 11.8 Å². The molecule has 0 radical (unpaired) electrons. The molecule has 2 atom stereocenters. The zero-order chi connectivity index (χ0) is 10.3. The first kappa shape index (κ1) is 10.5. The van der Waals surface area contributed by atoms with Gasteiger partial charge in [0.05, 0.1) is 0 Å². The maximum Gasteiger partial charge on any atom is 0.0191 e. The van der Waals surface area contributed by atoms with Crippen LogP contribution in [0.15, 0.2) is 0 Å². The van der Waals surface area contributed by atoms with Crippen molar-refractivity contribution in [1.29, 1.82) is 0 Å². The highest BCUT2D eigenvalue weighted by molar-refractivity contribution is 8.00. The molecule has 3 fully saturated rings. The van der Waals surface area contributed by atoms with Gasteiger partial charge in [0.25, 0.3) is 0 Å². The van der Waals surface area contributed by atoms with Crippen LogP contribution in [0.5, 0.6) is 0 Å². The SMILES string of the molecule is CC1SCCC1NCC(C1CC1)C1CC1. The highest BCUT2D eigenvalue weighted by Gasteiger charge is 2.41. The molecule has 1 nitrogen and oxygen atoms in total. The van der Waals surface area contributed by atoms with Gasteiger partial charge in [0, 0.05) is 11.3 Å². The van der Waals surface area contributed by atoms with Gasteiger partial charge in [-0.15, -0.1) is 0 Å². The molecule has 15 heavy (non-hydrogen) atoms. The van der Waals surface area contributed by atoms with Crippen molar-refractivity contribution < 1.29 is 0 Å². The van der Waals surface area contributed by atoms with E-state index in [9.17, 15) is 0 Å². The lowest BCUT2D eigenvalue weighted by molar-refractivity contribution is 0.353. The van der Waals surface area contributed by atoms with E-state index in [4.69, 9.17) is 0 Å². The monoisotopic (exact) mass is 225 g/mol. The summed E-state index contributed by atoms with van der Waals surface area (Å²) in [6.07, 6.45) is 7.50. The Kier molecular flexibility index (Phi) is 2.99. The molecule has 0 aromatic carbocycles. The summed E-state index contributed by atoms with van der Waals surface area (Å²) >= 11 is 2.14. The molecule has 86 valence electrons. The van der Waals surface area contributed by atoms with E-state index in [2.05, 4.69) is 24.0 Å². The fraction of sp³-hybridized carbons (Fsp3) is 1.00. The molecule has 1 N–H and O–H groups in total. The van der Waals surface area contributed by atoms with E-state index < -0.39 is 0 Å². The molecule has 3 rings (SSSR count). The number of hydrogen-bond donors (Lipinski definition) is 1. The predicted molar refractivity (Wildman–Crippen MR) is 67.3 cm³/mol. The predicted octanol–water partition coefficient (Wildman–Crippen LogP) is 2.91. The quantitative estimate of drug-likeness (QED) is 0.772. The fourth-order valence-corrected chi connectivity index (χ4v) is 4.28. The van der Waals surface area contributed by atoms with E-state index in [0.717, 1.165) is 29.0 Å². The highest BCUT2D eigenvalue weighted by Crippen LogP contribution is 2.49. The molecule has 3 aliphatic rings. The summed E-state index contributed by atoms with van der Waals surface area (Å²) in [5.74, 6) is 4.63. The van der Waals surface area contributed by atoms with Crippen molar-refractivity contribution in [2.24, 2.45) is 17.8 Å². The van der Waals surface area contributed by atoms with Crippen LogP contribution in [0, 0.1) is 17.8 Å². The van der Waals surface area contributed by atoms with Crippen molar-refractivity contribution in [3.63, 3.8) is 0 Å². The van der Waals surface area contributed by atoms with Crippen LogP contribution in [0.25, 0.3) is 0 Å². The van der Waals surface area contributed by atoms with Crippen molar-refractivity contribution in [2.45, 2.75) is 50.3 Å². The molecule has 2 saturated carbocycles. The summed E-state index contributed by atoms with van der Waals surface area (Å²) in [5, 5.41) is 4.70. The van der Waals surface area contributed by atoms with Gasteiger partial charge in [0.2, 0.25) is 0 Å². The van der Waals surface area contributed by atoms with Crippen LogP contribution in [0.1, 0.15) is 39.0 Å². The first-order chi connectivity index (χ1) is 7.34. The molecular weight excluding hydrogens is 202 g/mol. The maximum atomic E-state index is 3.85. The second-order valence-corrected chi connectivity index (χ2v) is 7.20. The number of hydrogen-bond acceptors (Lipinski definition) is 2. The van der Waals surface area contributed by atoms with Gasteiger partial charge in [-0.1, -0.05) is 6.92 Å². The van der Waals surface area contributed by atoms with Crippen LogP contribution in [0.3, 0.4) is 0 Å². The maximum absolute atomic E-state index is 3.85. The Bertz CT molecular complexity index is 211. The fourth-order valence-electron chi connectivity index (χ4n) is 3.05. The summed E-state index contributed by atoms with van der Waals surface area (Å²) in [6.45, 7) is 3.71. The van der Waals surface area contributed by atoms with E-state index in [-0.39, 0.29) is 0 Å². The summed E-state index contributed by atoms with van der Waals surface area (Å²) in [4.78, 5) is 0. The lowest BCUT2D eigenvalue weighted by Gasteiger charge is -2.22. The van der Waals surface area contributed by atoms with Crippen LogP contribution in [-0.2, 0) is 0 Å². The van der Waals surface area contributed by atoms with Crippen molar-refractivity contribution in [2.75, 3.05) is 12.3 Å². The third-order valence-electron chi connectivity index (χ3n) is 4.45. The second-order valence-electron chi connectivity index (χ2n) is 5.72. The van der Waals surface area contributed by atoms with E-state index in [0.29, 0.717) is 0 Å². The van der Waals surface area contributed by atoms with E-state index in [1.807, 2.05) is 0 Å². The number of rotatable bonds is 5. The van der Waals surface area contributed by atoms with Crippen LogP contribution < -0.4 is 5.32 Å². The second kappa shape index (κ2) is 4.29. The molecule has 0 bridgehead atoms. The smallest absolute Gasteiger partial charge is 0.0191 e. The molecule has 0 aromatic heterocycles. The largest absolute Gasteiger partial charge is 0.313 e. The Morgan fingerprint density at radius 2 is 1.80 bits per heavy atom. The number of nitrogens with one attached hydrogen (secondary N) is 1. The van der Waals surface area contributed by atoms with Crippen molar-refractivity contribution >= 4 is 11.8 Å². The molecule has 2 aliphatic carbocycles. The topological polar surface area (TPSA) is 12.0 Å². The molecular formula is C13H23NS. The molecule has 1 saturated heterocycles. The summed E-state index contributed by atoms with van der Waals surface area (Å²) in [5.41, 5.74) is 0. The summed E-state index contributed by atoms with van der Waals surface area (Å²) in [6, 6.07) is 0.815. The molecule has 1 aliphatic heterocycles. The Labute approximate surface area is 97.8 Å². The molecule has 0 amide bonds. The highest BCUT2D eigenvalue weighted by atomic mass is 32.2. The third-order valence-corrected chi connectivity index (χ3v) is 5.77. The molecule has 2 heteroatoms. The summed E-state index contributed by atoms with van der Waals surface area (Å²) < 4.78 is 0. The van der Waals surface area contributed by atoms with Gasteiger partial charge < -0.3 is 5.32 Å². The van der Waals surface area contributed by atoms with Gasteiger partial charge in [-0.3, -0.25) is 0 Å². The van der Waals surface area contributed by atoms with E-state index in [1.165, 1.54) is 44.4 Å². The Balaban J connectivity index is 1.46. The van der Waals surface area contributed by atoms with Gasteiger partial charge >= 0.3 is 0 Å². The van der Waals surface area contributed by atoms with E-state index >= 15 is 0 Å². The first-order valence-electron chi connectivity index (χ1n) is 6.69. The lowest BCUT2D eigenvalue weighted by Crippen LogP contribution is -2.37. The first-order valence-corrected chi connectivity index (χ1v) is 7.74. The minimum atomic E-state index is 0.815. The minimum Gasteiger partial charge on any atom is -0.313 e. The van der Waals surface area contributed by atoms with Crippen molar-refractivity contribution in [1.82, 2.24) is 5.32 Å². The average molecular weight is 225 g/mol. The molecule has 0 aromatic rings. The van der Waals surface area contributed by atoms with E-state index in [1.54, 1.807) is 0 Å². The van der Waals surface area contributed by atoms with Gasteiger partial charge in [0.15, 0.2) is 0 Å². The van der Waals surface area contributed by atoms with Crippen LogP contribution in [0.4, 0.5) is 0 Å². The van der Waals surface area contributed by atoms with Crippen LogP contribution in [-0.4, -0.2) is 23.6 Å². The zero-order valence-electron chi connectivity index (χ0n) is 9.74. The normalized spacial score (nSPS) is 36.4. The third kappa shape index (κ3) is 2.52. The average Bonchev–Trinajstić information content (AvgIpc) is 3.11. The van der Waals surface area contributed by atoms with Crippen LogP contribution >= 0.6 is 11.8 Å². The van der Waals surface area contributed by atoms with Crippen LogP contribution in [0.2, 0.25) is 0 Å². The minimum absolute atomic E-state index is 0.815. The van der Waals surface area contributed by atoms with Crippen molar-refractivity contribution in [3.05, 3.63) is 0 Å². The van der Waals surface area contributed by atoms with Crippen molar-refractivity contribution in [3.8, 4) is 0 Å². The molecule has 0 spiro atoms.